The van der Waals surface area contributed by atoms with E-state index in [9.17, 15) is 0 Å². The number of nitrogens with one attached hydrogen (secondary N) is 1. The first-order valence-corrected chi connectivity index (χ1v) is 3.33. The lowest BCUT2D eigenvalue weighted by Crippen LogP contribution is -2.21. The molecule has 50 valence electrons. The minimum atomic E-state index is 0.966. The highest BCUT2D eigenvalue weighted by molar-refractivity contribution is 5.25. The molecule has 0 atom stereocenters. The van der Waals surface area contributed by atoms with E-state index >= 15 is 0 Å². The van der Waals surface area contributed by atoms with Crippen LogP contribution in [-0.4, -0.2) is 4.98 Å². The topological polar surface area (TPSA) is 28.1 Å². The molecule has 0 aliphatic carbocycles. The monoisotopic (exact) mass is 132 g/mol. The molecule has 0 saturated carbocycles. The van der Waals surface area contributed by atoms with Crippen molar-refractivity contribution in [2.24, 2.45) is 4.99 Å². The second-order valence-electron chi connectivity index (χ2n) is 2.24. The molecule has 2 nitrogen and oxygen atoms in total. The zero-order valence-corrected chi connectivity index (χ0v) is 5.54. The zero-order valence-electron chi connectivity index (χ0n) is 5.54. The Morgan fingerprint density at radius 2 is 2.50 bits per heavy atom. The molecule has 0 bridgehead atoms. The van der Waals surface area contributed by atoms with E-state index in [1.807, 2.05) is 24.5 Å². The maximum Gasteiger partial charge on any atom is 0.136 e. The van der Waals surface area contributed by atoms with E-state index in [0.717, 1.165) is 11.9 Å². The molecular formula is C8H8N2. The molecule has 0 aromatic carbocycles. The Hall–Kier alpha value is -1.31. The van der Waals surface area contributed by atoms with Crippen molar-refractivity contribution >= 4 is 6.08 Å². The average Bonchev–Trinajstić information content (AvgIpc) is 2.28. The van der Waals surface area contributed by atoms with Gasteiger partial charge in [0.2, 0.25) is 0 Å². The SMILES string of the molecule is C1=CN=c2[nH]ccc2=CC1. The summed E-state index contributed by atoms with van der Waals surface area (Å²) >= 11 is 0. The minimum absolute atomic E-state index is 0.966. The lowest BCUT2D eigenvalue weighted by atomic mass is 10.3. The molecule has 0 saturated heterocycles. The van der Waals surface area contributed by atoms with E-state index in [1.54, 1.807) is 0 Å². The molecule has 0 fully saturated rings. The molecule has 0 radical (unpaired) electrons. The third-order valence-electron chi connectivity index (χ3n) is 1.54. The molecule has 0 spiro atoms. The third kappa shape index (κ3) is 0.778. The smallest absolute Gasteiger partial charge is 0.136 e. The highest BCUT2D eigenvalue weighted by atomic mass is 14.8. The number of aromatic amines is 1. The van der Waals surface area contributed by atoms with Crippen LogP contribution in [0.15, 0.2) is 29.5 Å². The Labute approximate surface area is 58.6 Å². The summed E-state index contributed by atoms with van der Waals surface area (Å²) in [6.07, 6.45) is 8.91. The Morgan fingerprint density at radius 3 is 3.50 bits per heavy atom. The first-order valence-electron chi connectivity index (χ1n) is 3.33. The number of hydrogen-bond acceptors (Lipinski definition) is 1. The van der Waals surface area contributed by atoms with Gasteiger partial charge in [0.1, 0.15) is 5.49 Å². The quantitative estimate of drug-likeness (QED) is 0.527. The van der Waals surface area contributed by atoms with Crippen LogP contribution in [-0.2, 0) is 0 Å². The van der Waals surface area contributed by atoms with Gasteiger partial charge in [-0.1, -0.05) is 12.2 Å². The summed E-state index contributed by atoms with van der Waals surface area (Å²) in [7, 11) is 0. The zero-order chi connectivity index (χ0) is 6.81. The summed E-state index contributed by atoms with van der Waals surface area (Å²) in [5.74, 6) is 0. The summed E-state index contributed by atoms with van der Waals surface area (Å²) in [6, 6.07) is 2.03. The van der Waals surface area contributed by atoms with Crippen molar-refractivity contribution in [1.82, 2.24) is 4.98 Å². The maximum absolute atomic E-state index is 4.18. The molecule has 1 aromatic heterocycles. The second-order valence-corrected chi connectivity index (χ2v) is 2.24. The fourth-order valence-corrected chi connectivity index (χ4v) is 1.03. The lowest BCUT2D eigenvalue weighted by molar-refractivity contribution is 1.18. The normalized spacial score (nSPS) is 14.8. The predicted octanol–water partition coefficient (Wildman–Crippen LogP) is 0.332. The average molecular weight is 132 g/mol. The lowest BCUT2D eigenvalue weighted by Gasteiger charge is -1.71. The van der Waals surface area contributed by atoms with Crippen LogP contribution in [0, 0.1) is 0 Å². The summed E-state index contributed by atoms with van der Waals surface area (Å²) in [5, 5.41) is 1.20. The number of fused-ring (bicyclic) bond motifs is 1. The second kappa shape index (κ2) is 2.14. The Kier molecular flexibility index (Phi) is 1.17. The van der Waals surface area contributed by atoms with Gasteiger partial charge in [0.25, 0.3) is 0 Å². The Balaban J connectivity index is 2.82. The maximum atomic E-state index is 4.18. The number of aromatic nitrogens is 1. The number of rotatable bonds is 0. The van der Waals surface area contributed by atoms with Crippen molar-refractivity contribution in [3.8, 4) is 0 Å². The van der Waals surface area contributed by atoms with Gasteiger partial charge in [-0.25, -0.2) is 4.99 Å². The van der Waals surface area contributed by atoms with Crippen LogP contribution in [0.2, 0.25) is 0 Å². The first kappa shape index (κ1) is 5.47. The van der Waals surface area contributed by atoms with Crippen LogP contribution in [0.4, 0.5) is 0 Å². The van der Waals surface area contributed by atoms with Gasteiger partial charge in [-0.05, 0) is 12.5 Å². The summed E-state index contributed by atoms with van der Waals surface area (Å²) < 4.78 is 0. The van der Waals surface area contributed by atoms with E-state index in [-0.39, 0.29) is 0 Å². The number of allylic oxidation sites excluding steroid dienone is 1. The molecule has 10 heavy (non-hydrogen) atoms. The number of nitrogens with zero attached hydrogens (tertiary/aromatic N) is 1. The molecule has 1 aliphatic rings. The van der Waals surface area contributed by atoms with Crippen molar-refractivity contribution in [3.63, 3.8) is 0 Å². The van der Waals surface area contributed by atoms with E-state index < -0.39 is 0 Å². The van der Waals surface area contributed by atoms with Gasteiger partial charge in [-0.2, -0.15) is 0 Å². The van der Waals surface area contributed by atoms with Gasteiger partial charge in [-0.3, -0.25) is 0 Å². The summed E-state index contributed by atoms with van der Waals surface area (Å²) in [6.45, 7) is 0. The van der Waals surface area contributed by atoms with Crippen molar-refractivity contribution in [2.45, 2.75) is 6.42 Å². The summed E-state index contributed by atoms with van der Waals surface area (Å²) in [4.78, 5) is 7.23. The fourth-order valence-electron chi connectivity index (χ4n) is 1.03. The molecule has 2 heteroatoms. The van der Waals surface area contributed by atoms with Crippen LogP contribution < -0.4 is 10.7 Å². The molecule has 0 amide bonds. The molecule has 1 aliphatic heterocycles. The van der Waals surface area contributed by atoms with Crippen molar-refractivity contribution < 1.29 is 0 Å². The van der Waals surface area contributed by atoms with Crippen molar-refractivity contribution in [1.29, 1.82) is 0 Å². The highest BCUT2D eigenvalue weighted by Crippen LogP contribution is 1.86. The van der Waals surface area contributed by atoms with Crippen LogP contribution in [0.25, 0.3) is 6.08 Å². The fraction of sp³-hybridized carbons (Fsp3) is 0.125. The first-order chi connectivity index (χ1) is 4.97. The van der Waals surface area contributed by atoms with Gasteiger partial charge < -0.3 is 4.98 Å². The molecule has 1 N–H and O–H groups in total. The summed E-state index contributed by atoms with van der Waals surface area (Å²) in [5.41, 5.74) is 0.966. The minimum Gasteiger partial charge on any atom is -0.346 e. The van der Waals surface area contributed by atoms with Crippen LogP contribution >= 0.6 is 0 Å². The van der Waals surface area contributed by atoms with E-state index in [0.29, 0.717) is 0 Å². The molecule has 2 heterocycles. The van der Waals surface area contributed by atoms with E-state index in [4.69, 9.17) is 0 Å². The van der Waals surface area contributed by atoms with Gasteiger partial charge in [0, 0.05) is 17.6 Å². The van der Waals surface area contributed by atoms with Crippen molar-refractivity contribution in [2.75, 3.05) is 0 Å². The molecule has 2 rings (SSSR count). The predicted molar refractivity (Wildman–Crippen MR) is 39.8 cm³/mol. The Morgan fingerprint density at radius 1 is 1.50 bits per heavy atom. The number of hydrogen-bond donors (Lipinski definition) is 1. The van der Waals surface area contributed by atoms with E-state index in [1.165, 1.54) is 5.22 Å². The Bertz CT molecular complexity index is 357. The largest absolute Gasteiger partial charge is 0.346 e. The van der Waals surface area contributed by atoms with Gasteiger partial charge in [0.15, 0.2) is 0 Å². The van der Waals surface area contributed by atoms with Gasteiger partial charge in [0.05, 0.1) is 0 Å². The third-order valence-corrected chi connectivity index (χ3v) is 1.54. The standard InChI is InChI=1S/C8H8N2/c1-2-5-9-8-7(3-1)4-6-10-8/h2-6H,1H2,(H,9,10). The van der Waals surface area contributed by atoms with E-state index in [2.05, 4.69) is 16.1 Å². The highest BCUT2D eigenvalue weighted by Gasteiger charge is 1.87. The van der Waals surface area contributed by atoms with Gasteiger partial charge >= 0.3 is 0 Å². The number of H-pyrrole nitrogens is 1. The van der Waals surface area contributed by atoms with Gasteiger partial charge in [-0.15, -0.1) is 0 Å². The molecule has 0 unspecified atom stereocenters. The van der Waals surface area contributed by atoms with Crippen LogP contribution in [0.5, 0.6) is 0 Å². The van der Waals surface area contributed by atoms with Crippen LogP contribution in [0.1, 0.15) is 6.42 Å². The van der Waals surface area contributed by atoms with Crippen LogP contribution in [0.3, 0.4) is 0 Å². The molecule has 1 aromatic rings. The molecular weight excluding hydrogens is 124 g/mol. The van der Waals surface area contributed by atoms with Crippen molar-refractivity contribution in [3.05, 3.63) is 35.2 Å².